The summed E-state index contributed by atoms with van der Waals surface area (Å²) < 4.78 is 5.45. The molecular weight excluding hydrogens is 336 g/mol. The highest BCUT2D eigenvalue weighted by atomic mass is 32.1. The van der Waals surface area contributed by atoms with Gasteiger partial charge in [-0.3, -0.25) is 9.89 Å². The molecule has 0 aliphatic carbocycles. The largest absolute Gasteiger partial charge is 0.376 e. The van der Waals surface area contributed by atoms with Gasteiger partial charge in [0.25, 0.3) is 5.91 Å². The van der Waals surface area contributed by atoms with Crippen LogP contribution in [0.5, 0.6) is 0 Å². The normalized spacial score (nSPS) is 13.5. The Morgan fingerprint density at radius 1 is 1.36 bits per heavy atom. The molecule has 128 valence electrons. The molecule has 0 spiro atoms. The van der Waals surface area contributed by atoms with Gasteiger partial charge in [0.2, 0.25) is 0 Å². The van der Waals surface area contributed by atoms with E-state index in [0.717, 1.165) is 33.9 Å². The van der Waals surface area contributed by atoms with Gasteiger partial charge in [0.05, 0.1) is 25.5 Å². The molecule has 4 rings (SSSR count). The molecule has 7 heteroatoms. The number of amides is 1. The monoisotopic (exact) mass is 354 g/mol. The summed E-state index contributed by atoms with van der Waals surface area (Å²) in [6, 6.07) is 10.0. The average molecular weight is 354 g/mol. The Morgan fingerprint density at radius 3 is 3.04 bits per heavy atom. The van der Waals surface area contributed by atoms with Crippen molar-refractivity contribution < 1.29 is 9.53 Å². The lowest BCUT2D eigenvalue weighted by atomic mass is 10.1. The fourth-order valence-corrected chi connectivity index (χ4v) is 3.69. The van der Waals surface area contributed by atoms with Gasteiger partial charge < -0.3 is 9.64 Å². The van der Waals surface area contributed by atoms with E-state index in [1.165, 1.54) is 0 Å². The number of benzene rings is 1. The molecule has 0 fully saturated rings. The number of hydrogen-bond acceptors (Lipinski definition) is 5. The molecule has 25 heavy (non-hydrogen) atoms. The predicted octanol–water partition coefficient (Wildman–Crippen LogP) is 2.88. The van der Waals surface area contributed by atoms with Crippen LogP contribution in [0.2, 0.25) is 0 Å². The Balaban J connectivity index is 1.49. The van der Waals surface area contributed by atoms with Crippen LogP contribution in [0.3, 0.4) is 0 Å². The first kappa shape index (κ1) is 16.0. The van der Waals surface area contributed by atoms with Crippen molar-refractivity contribution in [2.75, 3.05) is 13.7 Å². The number of aromatic nitrogens is 3. The predicted molar refractivity (Wildman–Crippen MR) is 95.3 cm³/mol. The van der Waals surface area contributed by atoms with Gasteiger partial charge in [-0.25, -0.2) is 4.98 Å². The molecule has 3 aromatic rings. The van der Waals surface area contributed by atoms with Crippen LogP contribution in [0, 0.1) is 0 Å². The molecular formula is C18H18N4O2S. The number of ether oxygens (including phenoxy) is 1. The van der Waals surface area contributed by atoms with Gasteiger partial charge in [0.1, 0.15) is 5.01 Å². The highest BCUT2D eigenvalue weighted by Crippen LogP contribution is 2.24. The second kappa shape index (κ2) is 6.78. The summed E-state index contributed by atoms with van der Waals surface area (Å²) in [4.78, 5) is 19.0. The first-order valence-corrected chi connectivity index (χ1v) is 8.99. The van der Waals surface area contributed by atoms with E-state index in [2.05, 4.69) is 15.2 Å². The van der Waals surface area contributed by atoms with Crippen molar-refractivity contribution in [2.24, 2.45) is 0 Å². The van der Waals surface area contributed by atoms with Crippen LogP contribution in [0.25, 0.3) is 10.6 Å². The number of carbonyl (C=O) groups is 1. The third kappa shape index (κ3) is 3.20. The Hall–Kier alpha value is -2.51. The van der Waals surface area contributed by atoms with E-state index in [1.807, 2.05) is 35.7 Å². The summed E-state index contributed by atoms with van der Waals surface area (Å²) in [5, 5.41) is 10.1. The minimum absolute atomic E-state index is 0.114. The van der Waals surface area contributed by atoms with Gasteiger partial charge in [-0.2, -0.15) is 5.10 Å². The number of aromatic amines is 1. The Labute approximate surface area is 149 Å². The van der Waals surface area contributed by atoms with Gasteiger partial charge in [-0.1, -0.05) is 30.3 Å². The van der Waals surface area contributed by atoms with Crippen molar-refractivity contribution in [3.05, 3.63) is 58.4 Å². The van der Waals surface area contributed by atoms with Crippen molar-refractivity contribution in [1.29, 1.82) is 0 Å². The Morgan fingerprint density at radius 2 is 2.20 bits per heavy atom. The molecule has 0 bridgehead atoms. The first-order valence-electron chi connectivity index (χ1n) is 8.11. The molecule has 0 radical (unpaired) electrons. The maximum Gasteiger partial charge on any atom is 0.274 e. The van der Waals surface area contributed by atoms with Crippen LogP contribution in [-0.2, 0) is 24.3 Å². The topological polar surface area (TPSA) is 71.1 Å². The molecule has 6 nitrogen and oxygen atoms in total. The van der Waals surface area contributed by atoms with Crippen LogP contribution in [-0.4, -0.2) is 39.6 Å². The zero-order chi connectivity index (χ0) is 17.2. The number of rotatable bonds is 4. The SMILES string of the molecule is CN(Cc1csc(-c2ccccc2)n1)C(=O)c1n[nH]c2c1COCC2. The number of thiazole rings is 1. The molecule has 1 amide bonds. The third-order valence-electron chi connectivity index (χ3n) is 4.22. The average Bonchev–Trinajstić information content (AvgIpc) is 3.29. The smallest absolute Gasteiger partial charge is 0.274 e. The molecule has 2 aromatic heterocycles. The molecule has 1 N–H and O–H groups in total. The highest BCUT2D eigenvalue weighted by molar-refractivity contribution is 7.13. The van der Waals surface area contributed by atoms with Crippen LogP contribution in [0.1, 0.15) is 27.4 Å². The lowest BCUT2D eigenvalue weighted by Crippen LogP contribution is -2.28. The van der Waals surface area contributed by atoms with E-state index in [4.69, 9.17) is 4.74 Å². The van der Waals surface area contributed by atoms with Gasteiger partial charge in [0.15, 0.2) is 5.69 Å². The molecule has 0 saturated carbocycles. The summed E-state index contributed by atoms with van der Waals surface area (Å²) in [5.74, 6) is -0.114. The van der Waals surface area contributed by atoms with Gasteiger partial charge >= 0.3 is 0 Å². The van der Waals surface area contributed by atoms with Crippen molar-refractivity contribution >= 4 is 17.2 Å². The van der Waals surface area contributed by atoms with E-state index < -0.39 is 0 Å². The van der Waals surface area contributed by atoms with Crippen LogP contribution in [0.4, 0.5) is 0 Å². The molecule has 1 aliphatic heterocycles. The van der Waals surface area contributed by atoms with Crippen LogP contribution >= 0.6 is 11.3 Å². The number of nitrogens with zero attached hydrogens (tertiary/aromatic N) is 3. The summed E-state index contributed by atoms with van der Waals surface area (Å²) in [5.41, 5.74) is 4.30. The van der Waals surface area contributed by atoms with Crippen molar-refractivity contribution in [3.8, 4) is 10.6 Å². The molecule has 1 aromatic carbocycles. The first-order chi connectivity index (χ1) is 12.2. The van der Waals surface area contributed by atoms with Crippen LogP contribution in [0.15, 0.2) is 35.7 Å². The highest BCUT2D eigenvalue weighted by Gasteiger charge is 2.24. The second-order valence-electron chi connectivity index (χ2n) is 6.00. The van der Waals surface area contributed by atoms with E-state index in [9.17, 15) is 4.79 Å². The zero-order valence-corrected chi connectivity index (χ0v) is 14.7. The fourth-order valence-electron chi connectivity index (χ4n) is 2.88. The van der Waals surface area contributed by atoms with E-state index in [1.54, 1.807) is 23.3 Å². The summed E-state index contributed by atoms with van der Waals surface area (Å²) in [6.45, 7) is 1.56. The number of H-pyrrole nitrogens is 1. The molecule has 0 unspecified atom stereocenters. The summed E-state index contributed by atoms with van der Waals surface area (Å²) >= 11 is 1.59. The number of carbonyl (C=O) groups excluding carboxylic acids is 1. The van der Waals surface area contributed by atoms with Gasteiger partial charge in [0, 0.05) is 35.7 Å². The number of hydrogen-bond donors (Lipinski definition) is 1. The standard InChI is InChI=1S/C18H18N4O2S/c1-22(18(23)16-14-10-24-8-7-15(14)20-21-16)9-13-11-25-17(19-13)12-5-3-2-4-6-12/h2-6,11H,7-10H2,1H3,(H,20,21). The van der Waals surface area contributed by atoms with Crippen molar-refractivity contribution in [1.82, 2.24) is 20.1 Å². The van der Waals surface area contributed by atoms with Crippen molar-refractivity contribution in [3.63, 3.8) is 0 Å². The zero-order valence-electron chi connectivity index (χ0n) is 13.9. The molecule has 1 aliphatic rings. The minimum atomic E-state index is -0.114. The fraction of sp³-hybridized carbons (Fsp3) is 0.278. The molecule has 0 atom stereocenters. The van der Waals surface area contributed by atoms with E-state index >= 15 is 0 Å². The molecule has 0 saturated heterocycles. The lowest BCUT2D eigenvalue weighted by Gasteiger charge is -2.17. The van der Waals surface area contributed by atoms with Crippen molar-refractivity contribution in [2.45, 2.75) is 19.6 Å². The van der Waals surface area contributed by atoms with Gasteiger partial charge in [-0.05, 0) is 0 Å². The Bertz CT molecular complexity index is 888. The van der Waals surface area contributed by atoms with Crippen LogP contribution < -0.4 is 0 Å². The summed E-state index contributed by atoms with van der Waals surface area (Å²) in [7, 11) is 1.77. The maximum absolute atomic E-state index is 12.7. The summed E-state index contributed by atoms with van der Waals surface area (Å²) in [6.07, 6.45) is 0.770. The maximum atomic E-state index is 12.7. The molecule has 3 heterocycles. The quantitative estimate of drug-likeness (QED) is 0.782. The second-order valence-corrected chi connectivity index (χ2v) is 6.86. The Kier molecular flexibility index (Phi) is 4.33. The number of nitrogens with one attached hydrogen (secondary N) is 1. The lowest BCUT2D eigenvalue weighted by molar-refractivity contribution is 0.0763. The number of fused-ring (bicyclic) bond motifs is 1. The van der Waals surface area contributed by atoms with Gasteiger partial charge in [-0.15, -0.1) is 11.3 Å². The van der Waals surface area contributed by atoms with E-state index in [-0.39, 0.29) is 5.91 Å². The third-order valence-corrected chi connectivity index (χ3v) is 5.16. The minimum Gasteiger partial charge on any atom is -0.376 e. The van der Waals surface area contributed by atoms with E-state index in [0.29, 0.717) is 25.5 Å².